The van der Waals surface area contributed by atoms with Crippen molar-refractivity contribution in [2.45, 2.75) is 30.2 Å². The lowest BCUT2D eigenvalue weighted by molar-refractivity contribution is -0.152. The third-order valence-corrected chi connectivity index (χ3v) is 6.47. The summed E-state index contributed by atoms with van der Waals surface area (Å²) in [5, 5.41) is 9.46. The van der Waals surface area contributed by atoms with Crippen molar-refractivity contribution in [2.75, 3.05) is 12.3 Å². The van der Waals surface area contributed by atoms with E-state index in [0.717, 1.165) is 5.75 Å². The van der Waals surface area contributed by atoms with Crippen LogP contribution in [0.15, 0.2) is 0 Å². The summed E-state index contributed by atoms with van der Waals surface area (Å²) in [4.78, 5) is 25.1. The zero-order valence-corrected chi connectivity index (χ0v) is 11.8. The summed E-state index contributed by atoms with van der Waals surface area (Å²) in [5.41, 5.74) is 0. The number of rotatable bonds is 4. The van der Waals surface area contributed by atoms with Gasteiger partial charge in [0.15, 0.2) is 4.08 Å². The molecule has 1 N–H and O–H groups in total. The van der Waals surface area contributed by atoms with Gasteiger partial charge in [0.05, 0.1) is 17.8 Å². The second-order valence-corrected chi connectivity index (χ2v) is 7.97. The van der Waals surface area contributed by atoms with Gasteiger partial charge in [-0.1, -0.05) is 20.8 Å². The highest BCUT2D eigenvalue weighted by Gasteiger charge is 2.62. The van der Waals surface area contributed by atoms with Crippen molar-refractivity contribution in [1.29, 1.82) is 0 Å². The van der Waals surface area contributed by atoms with E-state index in [1.54, 1.807) is 4.90 Å². The van der Waals surface area contributed by atoms with Gasteiger partial charge in [0.25, 0.3) is 0 Å². The molecule has 2 unspecified atom stereocenters. The third kappa shape index (κ3) is 1.85. The van der Waals surface area contributed by atoms with Crippen molar-refractivity contribution >= 4 is 35.4 Å². The van der Waals surface area contributed by atoms with Gasteiger partial charge < -0.3 is 10.0 Å². The monoisotopic (exact) mass is 275 g/mol. The lowest BCUT2D eigenvalue weighted by Crippen LogP contribution is -2.58. The highest BCUT2D eigenvalue weighted by Crippen LogP contribution is 2.55. The molecule has 6 heteroatoms. The summed E-state index contributed by atoms with van der Waals surface area (Å²) in [6.07, 6.45) is 0. The summed E-state index contributed by atoms with van der Waals surface area (Å²) in [6, 6.07) is 0. The molecule has 3 atom stereocenters. The normalized spacial score (nSPS) is 36.0. The molecule has 2 heterocycles. The number of carbonyl (C=O) groups is 2. The van der Waals surface area contributed by atoms with Crippen LogP contribution in [0.25, 0.3) is 0 Å². The van der Waals surface area contributed by atoms with Gasteiger partial charge in [-0.25, -0.2) is 4.79 Å². The van der Waals surface area contributed by atoms with Crippen LogP contribution in [-0.2, 0) is 9.59 Å². The van der Waals surface area contributed by atoms with E-state index in [4.69, 9.17) is 0 Å². The Morgan fingerprint density at radius 3 is 2.82 bits per heavy atom. The second kappa shape index (κ2) is 4.39. The number of aliphatic carboxylic acids is 1. The van der Waals surface area contributed by atoms with E-state index in [-0.39, 0.29) is 23.1 Å². The predicted octanol–water partition coefficient (Wildman–Crippen LogP) is 1.71. The van der Waals surface area contributed by atoms with Crippen molar-refractivity contribution in [3.05, 3.63) is 0 Å². The molecule has 0 saturated carbocycles. The standard InChI is InChI=1S/C11H17NO3S2/c1-4-16-11(10(14)15)5-12-8(13)7(6(2)3)9(12)17-11/h6-7,9H,4-5H2,1-3H3,(H,14,15)/t7?,9-,11?/m1/s1. The molecule has 0 aliphatic carbocycles. The van der Waals surface area contributed by atoms with E-state index in [2.05, 4.69) is 0 Å². The van der Waals surface area contributed by atoms with E-state index in [1.807, 2.05) is 20.8 Å². The summed E-state index contributed by atoms with van der Waals surface area (Å²) in [5.74, 6) is 0.350. The minimum atomic E-state index is -0.848. The van der Waals surface area contributed by atoms with Crippen LogP contribution in [0.4, 0.5) is 0 Å². The van der Waals surface area contributed by atoms with Crippen LogP contribution in [-0.4, -0.2) is 43.6 Å². The van der Waals surface area contributed by atoms with Gasteiger partial charge in [-0.3, -0.25) is 4.79 Å². The number of amides is 1. The van der Waals surface area contributed by atoms with Crippen molar-refractivity contribution < 1.29 is 14.7 Å². The van der Waals surface area contributed by atoms with Gasteiger partial charge in [-0.15, -0.1) is 23.5 Å². The Bertz CT molecular complexity index is 361. The first-order chi connectivity index (χ1) is 7.93. The maximum atomic E-state index is 11.9. The molecule has 2 aliphatic rings. The SMILES string of the molecule is CCSC1(C(=O)O)CN2C(=O)C(C(C)C)[C@H]2S1. The molecule has 0 aromatic carbocycles. The maximum absolute atomic E-state index is 11.9. The number of carboxylic acids is 1. The van der Waals surface area contributed by atoms with Gasteiger partial charge in [0.2, 0.25) is 5.91 Å². The van der Waals surface area contributed by atoms with Crippen molar-refractivity contribution in [3.8, 4) is 0 Å². The number of carboxylic acid groups (broad SMARTS) is 1. The first-order valence-corrected chi connectivity index (χ1v) is 7.65. The van der Waals surface area contributed by atoms with E-state index < -0.39 is 10.0 Å². The molecule has 0 radical (unpaired) electrons. The van der Waals surface area contributed by atoms with Gasteiger partial charge in [-0.2, -0.15) is 0 Å². The molecule has 0 aromatic rings. The number of hydrogen-bond donors (Lipinski definition) is 1. The molecule has 2 aliphatic heterocycles. The van der Waals surface area contributed by atoms with Gasteiger partial charge in [0.1, 0.15) is 0 Å². The fourth-order valence-electron chi connectivity index (χ4n) is 2.42. The fraction of sp³-hybridized carbons (Fsp3) is 0.818. The lowest BCUT2D eigenvalue weighted by atomic mass is 9.87. The average molecular weight is 275 g/mol. The van der Waals surface area contributed by atoms with Crippen molar-refractivity contribution in [1.82, 2.24) is 4.90 Å². The predicted molar refractivity (Wildman–Crippen MR) is 69.9 cm³/mol. The number of carbonyl (C=O) groups excluding carboxylic acids is 1. The first-order valence-electron chi connectivity index (χ1n) is 5.78. The Hall–Kier alpha value is -0.360. The Morgan fingerprint density at radius 2 is 2.35 bits per heavy atom. The van der Waals surface area contributed by atoms with Crippen molar-refractivity contribution in [3.63, 3.8) is 0 Å². The lowest BCUT2D eigenvalue weighted by Gasteiger charge is -2.43. The number of thioether (sulfide) groups is 2. The van der Waals surface area contributed by atoms with E-state index in [0.29, 0.717) is 6.54 Å². The van der Waals surface area contributed by atoms with Gasteiger partial charge in [-0.05, 0) is 11.7 Å². The van der Waals surface area contributed by atoms with Crippen LogP contribution < -0.4 is 0 Å². The third-order valence-electron chi connectivity index (χ3n) is 3.29. The minimum Gasteiger partial charge on any atom is -0.480 e. The molecule has 96 valence electrons. The van der Waals surface area contributed by atoms with E-state index in [1.165, 1.54) is 23.5 Å². The Balaban J connectivity index is 2.18. The van der Waals surface area contributed by atoms with Crippen LogP contribution in [0, 0.1) is 11.8 Å². The van der Waals surface area contributed by atoms with Crippen LogP contribution >= 0.6 is 23.5 Å². The fourth-order valence-corrected chi connectivity index (χ4v) is 5.75. The number of fused-ring (bicyclic) bond motifs is 1. The zero-order valence-electron chi connectivity index (χ0n) is 10.2. The summed E-state index contributed by atoms with van der Waals surface area (Å²) in [6.45, 7) is 6.34. The first kappa shape index (κ1) is 13.1. The molecule has 2 fully saturated rings. The van der Waals surface area contributed by atoms with Crippen LogP contribution in [0.1, 0.15) is 20.8 Å². The summed E-state index contributed by atoms with van der Waals surface area (Å²) < 4.78 is -0.848. The molecule has 2 saturated heterocycles. The van der Waals surface area contributed by atoms with Crippen LogP contribution in [0.3, 0.4) is 0 Å². The average Bonchev–Trinajstić information content (AvgIpc) is 2.55. The van der Waals surface area contributed by atoms with Crippen LogP contribution in [0.5, 0.6) is 0 Å². The molecule has 0 spiro atoms. The highest BCUT2D eigenvalue weighted by molar-refractivity contribution is 8.19. The molecular weight excluding hydrogens is 258 g/mol. The molecule has 1 amide bonds. The molecular formula is C11H17NO3S2. The smallest absolute Gasteiger partial charge is 0.332 e. The molecule has 0 aromatic heterocycles. The topological polar surface area (TPSA) is 57.6 Å². The van der Waals surface area contributed by atoms with Crippen molar-refractivity contribution in [2.24, 2.45) is 11.8 Å². The van der Waals surface area contributed by atoms with Gasteiger partial charge >= 0.3 is 5.97 Å². The number of hydrogen-bond acceptors (Lipinski definition) is 4. The minimum absolute atomic E-state index is 0.00122. The van der Waals surface area contributed by atoms with E-state index >= 15 is 0 Å². The molecule has 17 heavy (non-hydrogen) atoms. The largest absolute Gasteiger partial charge is 0.480 e. The summed E-state index contributed by atoms with van der Waals surface area (Å²) in [7, 11) is 0. The van der Waals surface area contributed by atoms with Gasteiger partial charge in [0, 0.05) is 0 Å². The zero-order chi connectivity index (χ0) is 12.8. The second-order valence-electron chi connectivity index (χ2n) is 4.74. The Morgan fingerprint density at radius 1 is 1.71 bits per heavy atom. The van der Waals surface area contributed by atoms with Crippen LogP contribution in [0.2, 0.25) is 0 Å². The number of β-lactam (4-membered cyclic amide) rings is 1. The highest BCUT2D eigenvalue weighted by atomic mass is 32.2. The summed E-state index contributed by atoms with van der Waals surface area (Å²) >= 11 is 2.88. The molecule has 2 rings (SSSR count). The maximum Gasteiger partial charge on any atom is 0.332 e. The Labute approximate surface area is 110 Å². The Kier molecular flexibility index (Phi) is 3.38. The molecule has 0 bridgehead atoms. The number of nitrogens with zero attached hydrogens (tertiary/aromatic N) is 1. The van der Waals surface area contributed by atoms with E-state index in [9.17, 15) is 14.7 Å². The molecule has 4 nitrogen and oxygen atoms in total. The quantitative estimate of drug-likeness (QED) is 0.792.